The fourth-order valence-electron chi connectivity index (χ4n) is 4.88. The van der Waals surface area contributed by atoms with Crippen LogP contribution < -0.4 is 14.8 Å². The second-order valence-electron chi connectivity index (χ2n) is 9.63. The van der Waals surface area contributed by atoms with Gasteiger partial charge in [-0.2, -0.15) is 4.31 Å². The normalized spacial score (nSPS) is 18.9. The number of nitrogens with zero attached hydrogens (tertiary/aromatic N) is 3. The van der Waals surface area contributed by atoms with Crippen molar-refractivity contribution in [1.82, 2.24) is 19.4 Å². The maximum absolute atomic E-state index is 13.3. The van der Waals surface area contributed by atoms with Crippen molar-refractivity contribution in [2.24, 2.45) is 0 Å². The lowest BCUT2D eigenvalue weighted by Gasteiger charge is -2.39. The first kappa shape index (κ1) is 29.4. The highest BCUT2D eigenvalue weighted by Gasteiger charge is 2.38. The molecular formula is C28H36N4O7S. The van der Waals surface area contributed by atoms with Crippen LogP contribution in [0.25, 0.3) is 0 Å². The molecule has 0 saturated carbocycles. The van der Waals surface area contributed by atoms with E-state index in [1.54, 1.807) is 56.4 Å². The minimum atomic E-state index is -3.62. The van der Waals surface area contributed by atoms with Crippen molar-refractivity contribution in [3.63, 3.8) is 0 Å². The predicted octanol–water partition coefficient (Wildman–Crippen LogP) is 2.53. The molecule has 2 aliphatic rings. The van der Waals surface area contributed by atoms with Gasteiger partial charge < -0.3 is 19.5 Å². The average molecular weight is 573 g/mol. The van der Waals surface area contributed by atoms with Gasteiger partial charge in [0, 0.05) is 45.5 Å². The zero-order chi connectivity index (χ0) is 29.0. The van der Waals surface area contributed by atoms with Gasteiger partial charge in [0.1, 0.15) is 0 Å². The Labute approximate surface area is 235 Å². The lowest BCUT2D eigenvalue weighted by molar-refractivity contribution is -0.139. The van der Waals surface area contributed by atoms with Gasteiger partial charge >= 0.3 is 12.0 Å². The number of carbonyl (C=O) groups is 2. The molecule has 2 amide bonds. The van der Waals surface area contributed by atoms with Crippen molar-refractivity contribution in [1.29, 1.82) is 0 Å². The van der Waals surface area contributed by atoms with Crippen molar-refractivity contribution in [3.8, 4) is 11.5 Å². The van der Waals surface area contributed by atoms with Gasteiger partial charge in [0.05, 0.1) is 37.3 Å². The van der Waals surface area contributed by atoms with Crippen LogP contribution in [0.15, 0.2) is 58.6 Å². The molecule has 1 unspecified atom stereocenters. The summed E-state index contributed by atoms with van der Waals surface area (Å²) in [6.07, 6.45) is 0. The van der Waals surface area contributed by atoms with Gasteiger partial charge in [-0.3, -0.25) is 9.80 Å². The number of esters is 1. The Kier molecular flexibility index (Phi) is 9.02. The van der Waals surface area contributed by atoms with Crippen LogP contribution in [0.5, 0.6) is 11.5 Å². The minimum absolute atomic E-state index is 0.168. The Morgan fingerprint density at radius 3 is 2.25 bits per heavy atom. The molecule has 2 aromatic rings. The van der Waals surface area contributed by atoms with Crippen LogP contribution >= 0.6 is 0 Å². The number of benzene rings is 2. The summed E-state index contributed by atoms with van der Waals surface area (Å²) in [6, 6.07) is 10.9. The molecule has 0 aromatic heterocycles. The third-order valence-corrected chi connectivity index (χ3v) is 9.09. The molecule has 2 aliphatic heterocycles. The lowest BCUT2D eigenvalue weighted by Crippen LogP contribution is -2.53. The first-order valence-corrected chi connectivity index (χ1v) is 14.5. The van der Waals surface area contributed by atoms with Gasteiger partial charge in [-0.05, 0) is 43.7 Å². The fraction of sp³-hybridized carbons (Fsp3) is 0.429. The highest BCUT2D eigenvalue weighted by molar-refractivity contribution is 7.89. The summed E-state index contributed by atoms with van der Waals surface area (Å²) in [4.78, 5) is 30.1. The second-order valence-corrected chi connectivity index (χ2v) is 11.6. The largest absolute Gasteiger partial charge is 0.493 e. The molecule has 0 bridgehead atoms. The Hall–Kier alpha value is -3.61. The number of carbonyl (C=O) groups excluding carboxylic acids is 2. The maximum Gasteiger partial charge on any atom is 0.338 e. The summed E-state index contributed by atoms with van der Waals surface area (Å²) in [5.41, 5.74) is 2.43. The summed E-state index contributed by atoms with van der Waals surface area (Å²) in [6.45, 7) is 5.50. The topological polar surface area (TPSA) is 118 Å². The zero-order valence-corrected chi connectivity index (χ0v) is 24.3. The average Bonchev–Trinajstić information content (AvgIpc) is 2.95. The molecule has 4 rings (SSSR count). The molecule has 1 N–H and O–H groups in total. The number of urea groups is 1. The smallest absolute Gasteiger partial charge is 0.338 e. The first-order chi connectivity index (χ1) is 19.1. The highest BCUT2D eigenvalue weighted by Crippen LogP contribution is 2.36. The van der Waals surface area contributed by atoms with E-state index in [0.29, 0.717) is 41.4 Å². The van der Waals surface area contributed by atoms with E-state index in [1.807, 2.05) is 11.8 Å². The van der Waals surface area contributed by atoms with E-state index in [-0.39, 0.29) is 37.2 Å². The van der Waals surface area contributed by atoms with Gasteiger partial charge in [0.15, 0.2) is 11.5 Å². The van der Waals surface area contributed by atoms with Gasteiger partial charge in [-0.15, -0.1) is 0 Å². The van der Waals surface area contributed by atoms with Crippen molar-refractivity contribution in [3.05, 3.63) is 64.9 Å². The second kappa shape index (κ2) is 12.3. The molecule has 2 heterocycles. The number of amides is 2. The van der Waals surface area contributed by atoms with Crippen LogP contribution in [0.1, 0.15) is 24.1 Å². The maximum atomic E-state index is 13.3. The van der Waals surface area contributed by atoms with Gasteiger partial charge in [0.25, 0.3) is 0 Å². The van der Waals surface area contributed by atoms with E-state index in [0.717, 1.165) is 5.56 Å². The molecule has 40 heavy (non-hydrogen) atoms. The van der Waals surface area contributed by atoms with E-state index in [4.69, 9.17) is 14.2 Å². The van der Waals surface area contributed by atoms with Crippen molar-refractivity contribution < 1.29 is 32.2 Å². The number of nitrogens with one attached hydrogen (secondary N) is 1. The molecule has 1 atom stereocenters. The summed E-state index contributed by atoms with van der Waals surface area (Å²) >= 11 is 0. The van der Waals surface area contributed by atoms with E-state index in [9.17, 15) is 18.0 Å². The standard InChI is InChI=1S/C28H36N4O7S/c1-6-39-27(33)25-22(30(3)28(34)29-26(25)20-9-12-23(37-4)24(17-20)38-5)18-31-13-15-32(16-14-31)40(35,36)21-10-7-19(2)8-11-21/h7-12,17,26H,6,13-16,18H2,1-5H3,(H,29,34). The van der Waals surface area contributed by atoms with E-state index < -0.39 is 22.0 Å². The number of sulfonamides is 1. The van der Waals surface area contributed by atoms with Crippen molar-refractivity contribution >= 4 is 22.0 Å². The van der Waals surface area contributed by atoms with Crippen LogP contribution in [0, 0.1) is 6.92 Å². The molecule has 0 spiro atoms. The van der Waals surface area contributed by atoms with E-state index in [2.05, 4.69) is 5.32 Å². The summed E-state index contributed by atoms with van der Waals surface area (Å²) < 4.78 is 44.0. The number of aryl methyl sites for hydroxylation is 1. The summed E-state index contributed by atoms with van der Waals surface area (Å²) in [7, 11) is 1.03. The summed E-state index contributed by atoms with van der Waals surface area (Å²) in [5.74, 6) is 0.444. The number of methoxy groups -OCH3 is 2. The Morgan fingerprint density at radius 1 is 1.00 bits per heavy atom. The third kappa shape index (κ3) is 5.93. The Morgan fingerprint density at radius 2 is 1.65 bits per heavy atom. The predicted molar refractivity (Wildman–Crippen MR) is 149 cm³/mol. The molecule has 1 saturated heterocycles. The number of piperazine rings is 1. The van der Waals surface area contributed by atoms with Crippen molar-refractivity contribution in [2.45, 2.75) is 24.8 Å². The monoisotopic (exact) mass is 572 g/mol. The highest BCUT2D eigenvalue weighted by atomic mass is 32.2. The zero-order valence-electron chi connectivity index (χ0n) is 23.5. The molecule has 0 radical (unpaired) electrons. The van der Waals surface area contributed by atoms with Crippen LogP contribution in [0.3, 0.4) is 0 Å². The SMILES string of the molecule is CCOC(=O)C1=C(CN2CCN(S(=O)(=O)c3ccc(C)cc3)CC2)N(C)C(=O)NC1c1ccc(OC)c(OC)c1. The molecule has 2 aromatic carbocycles. The summed E-state index contributed by atoms with van der Waals surface area (Å²) in [5, 5.41) is 2.90. The van der Waals surface area contributed by atoms with Gasteiger partial charge in [-0.25, -0.2) is 18.0 Å². The molecule has 1 fully saturated rings. The van der Waals surface area contributed by atoms with Gasteiger partial charge in [-0.1, -0.05) is 23.8 Å². The number of rotatable bonds is 9. The number of likely N-dealkylation sites (N-methyl/N-ethyl adjacent to an activating group) is 1. The fourth-order valence-corrected chi connectivity index (χ4v) is 6.30. The molecule has 11 nitrogen and oxygen atoms in total. The van der Waals surface area contributed by atoms with Crippen LogP contribution in [-0.2, 0) is 19.6 Å². The number of ether oxygens (including phenoxy) is 3. The molecule has 0 aliphatic carbocycles. The van der Waals surface area contributed by atoms with Gasteiger partial charge in [0.2, 0.25) is 10.0 Å². The first-order valence-electron chi connectivity index (χ1n) is 13.1. The Bertz CT molecular complexity index is 1380. The molecular weight excluding hydrogens is 536 g/mol. The van der Waals surface area contributed by atoms with Crippen LogP contribution in [-0.4, -0.2) is 95.1 Å². The molecule has 216 valence electrons. The lowest BCUT2D eigenvalue weighted by atomic mass is 9.94. The minimum Gasteiger partial charge on any atom is -0.493 e. The van der Waals surface area contributed by atoms with E-state index >= 15 is 0 Å². The van der Waals surface area contributed by atoms with Crippen LogP contribution in [0.4, 0.5) is 4.79 Å². The van der Waals surface area contributed by atoms with Crippen LogP contribution in [0.2, 0.25) is 0 Å². The third-order valence-electron chi connectivity index (χ3n) is 7.18. The van der Waals surface area contributed by atoms with E-state index in [1.165, 1.54) is 23.4 Å². The molecule has 12 heteroatoms. The quantitative estimate of drug-likeness (QED) is 0.456. The Balaban J connectivity index is 1.62. The van der Waals surface area contributed by atoms with Crippen molar-refractivity contribution in [2.75, 3.05) is 60.6 Å². The number of hydrogen-bond acceptors (Lipinski definition) is 8. The number of hydrogen-bond donors (Lipinski definition) is 1.